The Morgan fingerprint density at radius 1 is 1.23 bits per heavy atom. The van der Waals surface area contributed by atoms with Crippen molar-refractivity contribution in [1.82, 2.24) is 20.4 Å². The lowest BCUT2D eigenvalue weighted by molar-refractivity contribution is -0.121. The summed E-state index contributed by atoms with van der Waals surface area (Å²) in [5, 5.41) is 7.13. The lowest BCUT2D eigenvalue weighted by atomic mass is 10.1. The van der Waals surface area contributed by atoms with E-state index in [4.69, 9.17) is 4.52 Å². The third kappa shape index (κ3) is 5.25. The van der Waals surface area contributed by atoms with Gasteiger partial charge in [0.05, 0.1) is 0 Å². The number of amides is 1. The standard InChI is InChI=1S/C23H31FN4O2/c1-16-14-17(8-9-20(16)24)23-26-22(30-27-23)11-10-21(29)25-18-12-13-28(15-18)19-6-4-2-3-5-7-19/h8-9,14,18-19H,2-7,10-13,15H2,1H3,(H,25,29). The number of aryl methyl sites for hydroxylation is 2. The maximum atomic E-state index is 13.4. The summed E-state index contributed by atoms with van der Waals surface area (Å²) >= 11 is 0. The van der Waals surface area contributed by atoms with E-state index >= 15 is 0 Å². The maximum absolute atomic E-state index is 13.4. The van der Waals surface area contributed by atoms with Gasteiger partial charge in [0.2, 0.25) is 17.6 Å². The summed E-state index contributed by atoms with van der Waals surface area (Å²) in [6.45, 7) is 3.74. The molecular weight excluding hydrogens is 383 g/mol. The van der Waals surface area contributed by atoms with Crippen LogP contribution in [-0.4, -0.2) is 46.1 Å². The van der Waals surface area contributed by atoms with Crippen molar-refractivity contribution in [2.24, 2.45) is 0 Å². The van der Waals surface area contributed by atoms with Crippen molar-refractivity contribution in [3.8, 4) is 11.4 Å². The molecule has 1 amide bonds. The van der Waals surface area contributed by atoms with Crippen LogP contribution in [0.5, 0.6) is 0 Å². The van der Waals surface area contributed by atoms with Crippen LogP contribution in [0.2, 0.25) is 0 Å². The lowest BCUT2D eigenvalue weighted by Gasteiger charge is -2.26. The first-order chi connectivity index (χ1) is 14.6. The fourth-order valence-electron chi connectivity index (χ4n) is 4.64. The fraction of sp³-hybridized carbons (Fsp3) is 0.609. The number of rotatable bonds is 6. The van der Waals surface area contributed by atoms with Gasteiger partial charge in [0.15, 0.2) is 0 Å². The predicted octanol–water partition coefficient (Wildman–Crippen LogP) is 4.03. The van der Waals surface area contributed by atoms with Gasteiger partial charge < -0.3 is 9.84 Å². The fourth-order valence-corrected chi connectivity index (χ4v) is 4.64. The number of carbonyl (C=O) groups is 1. The second-order valence-electron chi connectivity index (χ2n) is 8.67. The Kier molecular flexibility index (Phi) is 6.77. The molecule has 0 spiro atoms. The molecule has 2 aliphatic rings. The molecule has 1 aliphatic heterocycles. The predicted molar refractivity (Wildman–Crippen MR) is 112 cm³/mol. The number of hydrogen-bond acceptors (Lipinski definition) is 5. The highest BCUT2D eigenvalue weighted by atomic mass is 19.1. The van der Waals surface area contributed by atoms with Crippen LogP contribution in [0.25, 0.3) is 11.4 Å². The number of hydrogen-bond donors (Lipinski definition) is 1. The van der Waals surface area contributed by atoms with Crippen LogP contribution in [0, 0.1) is 12.7 Å². The van der Waals surface area contributed by atoms with Gasteiger partial charge in [-0.25, -0.2) is 4.39 Å². The van der Waals surface area contributed by atoms with Crippen LogP contribution in [0.3, 0.4) is 0 Å². The number of benzene rings is 1. The minimum absolute atomic E-state index is 0.0279. The van der Waals surface area contributed by atoms with Crippen LogP contribution < -0.4 is 5.32 Å². The highest BCUT2D eigenvalue weighted by molar-refractivity contribution is 5.76. The number of aromatic nitrogens is 2. The molecule has 1 saturated carbocycles. The van der Waals surface area contributed by atoms with Gasteiger partial charge in [0.1, 0.15) is 5.82 Å². The Balaban J connectivity index is 1.23. The Labute approximate surface area is 177 Å². The van der Waals surface area contributed by atoms with Crippen LogP contribution in [0.15, 0.2) is 22.7 Å². The number of carbonyl (C=O) groups excluding carboxylic acids is 1. The van der Waals surface area contributed by atoms with E-state index in [0.717, 1.165) is 19.5 Å². The minimum Gasteiger partial charge on any atom is -0.352 e. The Hall–Kier alpha value is -2.28. The summed E-state index contributed by atoms with van der Waals surface area (Å²) < 4.78 is 18.7. The topological polar surface area (TPSA) is 71.3 Å². The molecule has 1 aromatic carbocycles. The molecule has 7 heteroatoms. The zero-order chi connectivity index (χ0) is 20.9. The average Bonchev–Trinajstić information content (AvgIpc) is 3.31. The molecule has 0 bridgehead atoms. The summed E-state index contributed by atoms with van der Waals surface area (Å²) in [5.41, 5.74) is 1.24. The normalized spacial score (nSPS) is 20.9. The van der Waals surface area contributed by atoms with Gasteiger partial charge in [-0.1, -0.05) is 30.8 Å². The zero-order valence-corrected chi connectivity index (χ0v) is 17.7. The molecule has 1 unspecified atom stereocenters. The quantitative estimate of drug-likeness (QED) is 0.723. The molecule has 6 nitrogen and oxygen atoms in total. The average molecular weight is 415 g/mol. The molecule has 2 heterocycles. The highest BCUT2D eigenvalue weighted by Crippen LogP contribution is 2.25. The molecule has 1 aromatic heterocycles. The maximum Gasteiger partial charge on any atom is 0.227 e. The highest BCUT2D eigenvalue weighted by Gasteiger charge is 2.29. The third-order valence-corrected chi connectivity index (χ3v) is 6.38. The molecule has 4 rings (SSSR count). The summed E-state index contributed by atoms with van der Waals surface area (Å²) in [6, 6.07) is 5.65. The number of nitrogens with zero attached hydrogens (tertiary/aromatic N) is 3. The SMILES string of the molecule is Cc1cc(-c2noc(CCC(=O)NC3CCN(C4CCCCCC4)C3)n2)ccc1F. The Bertz CT molecular complexity index is 861. The number of likely N-dealkylation sites (tertiary alicyclic amines) is 1. The molecule has 1 atom stereocenters. The molecule has 30 heavy (non-hydrogen) atoms. The smallest absolute Gasteiger partial charge is 0.227 e. The molecule has 1 saturated heterocycles. The second-order valence-corrected chi connectivity index (χ2v) is 8.67. The monoisotopic (exact) mass is 414 g/mol. The molecular formula is C23H31FN4O2. The van der Waals surface area contributed by atoms with Gasteiger partial charge in [-0.05, 0) is 49.9 Å². The number of halogens is 1. The lowest BCUT2D eigenvalue weighted by Crippen LogP contribution is -2.39. The molecule has 0 radical (unpaired) electrons. The van der Waals surface area contributed by atoms with E-state index < -0.39 is 0 Å². The molecule has 162 valence electrons. The summed E-state index contributed by atoms with van der Waals surface area (Å²) in [5.74, 6) is 0.612. The first-order valence-corrected chi connectivity index (χ1v) is 11.2. The van der Waals surface area contributed by atoms with E-state index in [1.54, 1.807) is 19.1 Å². The molecule has 2 aromatic rings. The van der Waals surface area contributed by atoms with E-state index in [2.05, 4.69) is 20.4 Å². The van der Waals surface area contributed by atoms with E-state index in [9.17, 15) is 9.18 Å². The van der Waals surface area contributed by atoms with E-state index in [1.807, 2.05) is 0 Å². The molecule has 2 fully saturated rings. The van der Waals surface area contributed by atoms with Crippen LogP contribution >= 0.6 is 0 Å². The first-order valence-electron chi connectivity index (χ1n) is 11.2. The summed E-state index contributed by atoms with van der Waals surface area (Å²) in [6.07, 6.45) is 9.75. The van der Waals surface area contributed by atoms with E-state index in [0.29, 0.717) is 41.7 Å². The molecule has 1 aliphatic carbocycles. The van der Waals surface area contributed by atoms with Gasteiger partial charge in [-0.2, -0.15) is 4.98 Å². The van der Waals surface area contributed by atoms with Gasteiger partial charge in [0, 0.05) is 43.6 Å². The van der Waals surface area contributed by atoms with Crippen molar-refractivity contribution < 1.29 is 13.7 Å². The van der Waals surface area contributed by atoms with Crippen LogP contribution in [-0.2, 0) is 11.2 Å². The van der Waals surface area contributed by atoms with Crippen LogP contribution in [0.4, 0.5) is 4.39 Å². The van der Waals surface area contributed by atoms with Crippen molar-refractivity contribution in [2.75, 3.05) is 13.1 Å². The van der Waals surface area contributed by atoms with E-state index in [1.165, 1.54) is 44.6 Å². The van der Waals surface area contributed by atoms with Crippen LogP contribution in [0.1, 0.15) is 62.8 Å². The Morgan fingerprint density at radius 2 is 2.03 bits per heavy atom. The van der Waals surface area contributed by atoms with Crippen molar-refractivity contribution in [1.29, 1.82) is 0 Å². The van der Waals surface area contributed by atoms with Gasteiger partial charge in [-0.15, -0.1) is 0 Å². The summed E-state index contributed by atoms with van der Waals surface area (Å²) in [7, 11) is 0. The third-order valence-electron chi connectivity index (χ3n) is 6.38. The minimum atomic E-state index is -0.260. The van der Waals surface area contributed by atoms with Gasteiger partial charge in [0.25, 0.3) is 0 Å². The molecule has 1 N–H and O–H groups in total. The largest absolute Gasteiger partial charge is 0.352 e. The number of nitrogens with one attached hydrogen (secondary N) is 1. The second kappa shape index (κ2) is 9.69. The first kappa shape index (κ1) is 21.0. The van der Waals surface area contributed by atoms with E-state index in [-0.39, 0.29) is 17.8 Å². The van der Waals surface area contributed by atoms with Crippen molar-refractivity contribution in [2.45, 2.75) is 76.8 Å². The van der Waals surface area contributed by atoms with Gasteiger partial charge in [-0.3, -0.25) is 9.69 Å². The zero-order valence-electron chi connectivity index (χ0n) is 17.7. The van der Waals surface area contributed by atoms with Crippen molar-refractivity contribution in [3.63, 3.8) is 0 Å². The van der Waals surface area contributed by atoms with Gasteiger partial charge >= 0.3 is 0 Å². The van der Waals surface area contributed by atoms with Crippen molar-refractivity contribution in [3.05, 3.63) is 35.5 Å². The summed E-state index contributed by atoms with van der Waals surface area (Å²) in [4.78, 5) is 19.3. The van der Waals surface area contributed by atoms with Crippen molar-refractivity contribution >= 4 is 5.91 Å². The Morgan fingerprint density at radius 3 is 2.80 bits per heavy atom.